The first-order valence-corrected chi connectivity index (χ1v) is 12.7. The van der Waals surface area contributed by atoms with Crippen LogP contribution >= 0.6 is 11.6 Å². The lowest BCUT2D eigenvalue weighted by Crippen LogP contribution is -2.49. The molecule has 0 aliphatic carbocycles. The largest absolute Gasteiger partial charge is 0.490 e. The summed E-state index contributed by atoms with van der Waals surface area (Å²) in [5, 5.41) is 3.51. The number of hydrogen-bond acceptors (Lipinski definition) is 4. The Bertz CT molecular complexity index is 1340. The number of fused-ring (bicyclic) bond motifs is 4. The molecule has 2 aliphatic rings. The Kier molecular flexibility index (Phi) is 6.63. The molecular formula is C29H29ClN2O4. The molecule has 2 amide bonds. The average molecular weight is 505 g/mol. The zero-order valence-corrected chi connectivity index (χ0v) is 21.4. The minimum absolute atomic E-state index is 0.0643. The summed E-state index contributed by atoms with van der Waals surface area (Å²) >= 11 is 6.45. The number of rotatable bonds is 6. The monoisotopic (exact) mass is 504 g/mol. The zero-order valence-electron chi connectivity index (χ0n) is 20.6. The molecule has 0 radical (unpaired) electrons. The molecule has 0 unspecified atom stereocenters. The standard InChI is InChI=1S/C29H29ClN2O4/c1-4-35-24-15-18-12-13-32-27(21(18)16-25(24)36-5-2)26(19-8-6-7-9-20(19)29(32)34)28(33)31-23-11-10-17(3)14-22(23)30/h6-11,14-16,26-27H,4-5,12-13H2,1-3H3,(H,31,33)/t26-,27-/m1/s1. The number of hydrogen-bond donors (Lipinski definition) is 1. The van der Waals surface area contributed by atoms with Gasteiger partial charge in [-0.25, -0.2) is 0 Å². The SMILES string of the molecule is CCOc1cc2c(cc1OCC)[C@@H]1[C@H](C(=O)Nc3ccc(C)cc3Cl)c3ccccc3C(=O)N1CC2. The van der Waals surface area contributed by atoms with E-state index in [2.05, 4.69) is 5.32 Å². The van der Waals surface area contributed by atoms with Crippen LogP contribution in [0.4, 0.5) is 5.69 Å². The maximum atomic E-state index is 14.0. The molecule has 0 saturated heterocycles. The molecule has 36 heavy (non-hydrogen) atoms. The molecule has 0 spiro atoms. The number of aryl methyl sites for hydroxylation is 1. The van der Waals surface area contributed by atoms with Crippen LogP contribution in [-0.4, -0.2) is 36.5 Å². The van der Waals surface area contributed by atoms with Crippen LogP contribution < -0.4 is 14.8 Å². The number of amides is 2. The fourth-order valence-corrected chi connectivity index (χ4v) is 5.57. The molecule has 186 valence electrons. The Morgan fingerprint density at radius 1 is 1.03 bits per heavy atom. The third kappa shape index (κ3) is 4.20. The predicted octanol–water partition coefficient (Wildman–Crippen LogP) is 5.92. The number of halogens is 1. The van der Waals surface area contributed by atoms with Crippen molar-refractivity contribution in [2.24, 2.45) is 0 Å². The first-order chi connectivity index (χ1) is 17.4. The highest BCUT2D eigenvalue weighted by Crippen LogP contribution is 2.48. The zero-order chi connectivity index (χ0) is 25.4. The molecule has 3 aromatic rings. The second-order valence-electron chi connectivity index (χ2n) is 9.09. The van der Waals surface area contributed by atoms with E-state index in [0.29, 0.717) is 59.5 Å². The quantitative estimate of drug-likeness (QED) is 0.452. The molecule has 0 bridgehead atoms. The van der Waals surface area contributed by atoms with Crippen molar-refractivity contribution in [3.8, 4) is 11.5 Å². The van der Waals surface area contributed by atoms with Crippen LogP contribution in [0, 0.1) is 6.92 Å². The van der Waals surface area contributed by atoms with Gasteiger partial charge in [-0.3, -0.25) is 9.59 Å². The summed E-state index contributed by atoms with van der Waals surface area (Å²) in [7, 11) is 0. The highest BCUT2D eigenvalue weighted by atomic mass is 35.5. The Morgan fingerprint density at radius 2 is 1.75 bits per heavy atom. The van der Waals surface area contributed by atoms with E-state index in [1.165, 1.54) is 0 Å². The second-order valence-corrected chi connectivity index (χ2v) is 9.50. The van der Waals surface area contributed by atoms with E-state index in [1.54, 1.807) is 6.07 Å². The summed E-state index contributed by atoms with van der Waals surface area (Å²) in [5.41, 5.74) is 4.79. The van der Waals surface area contributed by atoms with E-state index < -0.39 is 12.0 Å². The molecule has 2 atom stereocenters. The van der Waals surface area contributed by atoms with E-state index in [9.17, 15) is 9.59 Å². The average Bonchev–Trinajstić information content (AvgIpc) is 2.86. The summed E-state index contributed by atoms with van der Waals surface area (Å²) < 4.78 is 11.7. The van der Waals surface area contributed by atoms with Crippen LogP contribution in [0.3, 0.4) is 0 Å². The number of benzene rings is 3. The predicted molar refractivity (Wildman–Crippen MR) is 140 cm³/mol. The van der Waals surface area contributed by atoms with E-state index in [-0.39, 0.29) is 11.8 Å². The lowest BCUT2D eigenvalue weighted by Gasteiger charge is -2.45. The van der Waals surface area contributed by atoms with Gasteiger partial charge in [0.1, 0.15) is 0 Å². The Morgan fingerprint density at radius 3 is 2.47 bits per heavy atom. The molecule has 6 nitrogen and oxygen atoms in total. The summed E-state index contributed by atoms with van der Waals surface area (Å²) in [5.74, 6) is 0.400. The van der Waals surface area contributed by atoms with Crippen molar-refractivity contribution in [3.05, 3.63) is 87.4 Å². The number of nitrogens with one attached hydrogen (secondary N) is 1. The number of nitrogens with zero attached hydrogens (tertiary/aromatic N) is 1. The van der Waals surface area contributed by atoms with Gasteiger partial charge in [-0.05, 0) is 79.8 Å². The Hall–Kier alpha value is -3.51. The molecule has 3 aromatic carbocycles. The van der Waals surface area contributed by atoms with Crippen LogP contribution in [0.1, 0.15) is 58.4 Å². The first kappa shape index (κ1) is 24.2. The van der Waals surface area contributed by atoms with Gasteiger partial charge >= 0.3 is 0 Å². The lowest BCUT2D eigenvalue weighted by molar-refractivity contribution is -0.119. The summed E-state index contributed by atoms with van der Waals surface area (Å²) in [6.07, 6.45) is 0.671. The van der Waals surface area contributed by atoms with Crippen LogP contribution in [0.2, 0.25) is 5.02 Å². The maximum Gasteiger partial charge on any atom is 0.254 e. The van der Waals surface area contributed by atoms with Crippen molar-refractivity contribution in [1.29, 1.82) is 0 Å². The number of carbonyl (C=O) groups excluding carboxylic acids is 2. The van der Waals surface area contributed by atoms with Crippen molar-refractivity contribution in [1.82, 2.24) is 4.90 Å². The van der Waals surface area contributed by atoms with Gasteiger partial charge in [0.25, 0.3) is 5.91 Å². The minimum atomic E-state index is -0.622. The molecule has 1 N–H and O–H groups in total. The summed E-state index contributed by atoms with van der Waals surface area (Å²) in [6.45, 7) is 7.31. The highest BCUT2D eigenvalue weighted by molar-refractivity contribution is 6.33. The van der Waals surface area contributed by atoms with Gasteiger partial charge in [-0.1, -0.05) is 35.9 Å². The lowest BCUT2D eigenvalue weighted by atomic mass is 9.75. The van der Waals surface area contributed by atoms with Crippen molar-refractivity contribution in [3.63, 3.8) is 0 Å². The van der Waals surface area contributed by atoms with Crippen LogP contribution in [0.25, 0.3) is 0 Å². The van der Waals surface area contributed by atoms with E-state index in [4.69, 9.17) is 21.1 Å². The molecule has 0 fully saturated rings. The first-order valence-electron chi connectivity index (χ1n) is 12.3. The molecule has 5 rings (SSSR count). The number of anilines is 1. The van der Waals surface area contributed by atoms with E-state index in [0.717, 1.165) is 16.7 Å². The third-order valence-corrected chi connectivity index (χ3v) is 7.16. The smallest absolute Gasteiger partial charge is 0.254 e. The van der Waals surface area contributed by atoms with Crippen LogP contribution in [0.5, 0.6) is 11.5 Å². The van der Waals surface area contributed by atoms with Gasteiger partial charge in [-0.2, -0.15) is 0 Å². The van der Waals surface area contributed by atoms with Gasteiger partial charge in [0.15, 0.2) is 11.5 Å². The summed E-state index contributed by atoms with van der Waals surface area (Å²) in [6, 6.07) is 16.4. The van der Waals surface area contributed by atoms with Gasteiger partial charge in [0.05, 0.1) is 35.9 Å². The van der Waals surface area contributed by atoms with Crippen molar-refractivity contribution < 1.29 is 19.1 Å². The molecule has 2 heterocycles. The Balaban J connectivity index is 1.64. The van der Waals surface area contributed by atoms with Gasteiger partial charge < -0.3 is 19.7 Å². The Labute approximate surface area is 216 Å². The van der Waals surface area contributed by atoms with Crippen molar-refractivity contribution in [2.75, 3.05) is 25.1 Å². The third-order valence-electron chi connectivity index (χ3n) is 6.85. The second kappa shape index (κ2) is 9.86. The highest BCUT2D eigenvalue weighted by Gasteiger charge is 2.46. The molecule has 2 aliphatic heterocycles. The molecule has 0 saturated carbocycles. The van der Waals surface area contributed by atoms with E-state index in [1.807, 2.05) is 74.2 Å². The van der Waals surface area contributed by atoms with Crippen LogP contribution in [0.15, 0.2) is 54.6 Å². The fourth-order valence-electron chi connectivity index (χ4n) is 5.29. The molecule has 0 aromatic heterocycles. The summed E-state index contributed by atoms with van der Waals surface area (Å²) in [4.78, 5) is 29.4. The van der Waals surface area contributed by atoms with Gasteiger partial charge in [0, 0.05) is 12.1 Å². The number of ether oxygens (including phenoxy) is 2. The van der Waals surface area contributed by atoms with Crippen LogP contribution in [-0.2, 0) is 11.2 Å². The minimum Gasteiger partial charge on any atom is -0.490 e. The van der Waals surface area contributed by atoms with Crippen molar-refractivity contribution in [2.45, 2.75) is 39.2 Å². The topological polar surface area (TPSA) is 67.9 Å². The van der Waals surface area contributed by atoms with Gasteiger partial charge in [-0.15, -0.1) is 0 Å². The normalized spacial score (nSPS) is 18.1. The maximum absolute atomic E-state index is 14.0. The fraction of sp³-hybridized carbons (Fsp3) is 0.310. The molecular weight excluding hydrogens is 476 g/mol. The van der Waals surface area contributed by atoms with Gasteiger partial charge in [0.2, 0.25) is 5.91 Å². The molecule has 7 heteroatoms. The van der Waals surface area contributed by atoms with E-state index >= 15 is 0 Å². The number of carbonyl (C=O) groups is 2. The van der Waals surface area contributed by atoms with Crippen molar-refractivity contribution >= 4 is 29.1 Å².